The molecule has 0 atom stereocenters. The van der Waals surface area contributed by atoms with E-state index in [1.54, 1.807) is 28.4 Å². The molecule has 0 saturated carbocycles. The molecule has 1 fully saturated rings. The lowest BCUT2D eigenvalue weighted by Gasteiger charge is -2.38. The standard InChI is InChI=1S/C33H38N2O6/c1-37-29-11-9-23(19-31(29)39-3)13-16-34-17-14-25(15-18-34)35(26-10-12-30(38-2)32(21-26)40-4)33(36)22-27-20-24-7-5-6-8-28(24)41-27/h5-12,19-21,25H,13-18,22H2,1-4H3. The number of ether oxygens (including phenoxy) is 4. The quantitative estimate of drug-likeness (QED) is 0.232. The maximum atomic E-state index is 13.9. The molecule has 0 N–H and O–H groups in total. The number of anilines is 1. The van der Waals surface area contributed by atoms with E-state index >= 15 is 0 Å². The largest absolute Gasteiger partial charge is 0.493 e. The minimum Gasteiger partial charge on any atom is -0.493 e. The number of benzene rings is 3. The second-order valence-corrected chi connectivity index (χ2v) is 10.2. The molecule has 1 aliphatic rings. The van der Waals surface area contributed by atoms with Crippen molar-refractivity contribution in [1.82, 2.24) is 4.90 Å². The topological polar surface area (TPSA) is 73.6 Å². The molecule has 5 rings (SSSR count). The van der Waals surface area contributed by atoms with Crippen LogP contribution in [0.2, 0.25) is 0 Å². The van der Waals surface area contributed by atoms with E-state index in [4.69, 9.17) is 23.4 Å². The number of rotatable bonds is 11. The molecule has 0 bridgehead atoms. The molecule has 41 heavy (non-hydrogen) atoms. The first-order valence-corrected chi connectivity index (χ1v) is 14.0. The van der Waals surface area contributed by atoms with Crippen LogP contribution < -0.4 is 23.8 Å². The molecule has 0 aliphatic carbocycles. The zero-order valence-electron chi connectivity index (χ0n) is 24.2. The fraction of sp³-hybridized carbons (Fsp3) is 0.364. The van der Waals surface area contributed by atoms with Crippen molar-refractivity contribution in [1.29, 1.82) is 0 Å². The number of para-hydroxylation sites is 1. The van der Waals surface area contributed by atoms with E-state index in [2.05, 4.69) is 11.0 Å². The van der Waals surface area contributed by atoms with Crippen LogP contribution in [0.5, 0.6) is 23.0 Å². The molecule has 1 aliphatic heterocycles. The highest BCUT2D eigenvalue weighted by Crippen LogP contribution is 2.34. The number of hydrogen-bond acceptors (Lipinski definition) is 7. The Bertz CT molecular complexity index is 1440. The van der Waals surface area contributed by atoms with Gasteiger partial charge in [-0.25, -0.2) is 0 Å². The Morgan fingerprint density at radius 3 is 2.17 bits per heavy atom. The van der Waals surface area contributed by atoms with Gasteiger partial charge in [0.25, 0.3) is 0 Å². The summed E-state index contributed by atoms with van der Waals surface area (Å²) in [5.41, 5.74) is 2.79. The Morgan fingerprint density at radius 2 is 1.49 bits per heavy atom. The van der Waals surface area contributed by atoms with Gasteiger partial charge in [-0.3, -0.25) is 4.79 Å². The molecule has 0 spiro atoms. The van der Waals surface area contributed by atoms with Crippen LogP contribution in [-0.2, 0) is 17.6 Å². The van der Waals surface area contributed by atoms with E-state index in [0.717, 1.165) is 67.1 Å². The third-order valence-corrected chi connectivity index (χ3v) is 7.80. The second kappa shape index (κ2) is 13.0. The summed E-state index contributed by atoms with van der Waals surface area (Å²) < 4.78 is 27.8. The minimum absolute atomic E-state index is 0.0000499. The zero-order valence-corrected chi connectivity index (χ0v) is 24.2. The van der Waals surface area contributed by atoms with Crippen molar-refractivity contribution in [3.8, 4) is 23.0 Å². The lowest BCUT2D eigenvalue weighted by molar-refractivity contribution is -0.118. The van der Waals surface area contributed by atoms with Crippen LogP contribution in [0.3, 0.4) is 0 Å². The molecule has 4 aromatic rings. The molecule has 1 saturated heterocycles. The highest BCUT2D eigenvalue weighted by Gasteiger charge is 2.30. The second-order valence-electron chi connectivity index (χ2n) is 10.2. The third-order valence-electron chi connectivity index (χ3n) is 7.80. The van der Waals surface area contributed by atoms with Crippen molar-refractivity contribution in [2.75, 3.05) is 53.0 Å². The Morgan fingerprint density at radius 1 is 0.829 bits per heavy atom. The fourth-order valence-corrected chi connectivity index (χ4v) is 5.62. The Kier molecular flexibility index (Phi) is 8.99. The normalized spacial score (nSPS) is 14.1. The first kappa shape index (κ1) is 28.4. The summed E-state index contributed by atoms with van der Waals surface area (Å²) in [6.07, 6.45) is 2.83. The number of carbonyl (C=O) groups excluding carboxylic acids is 1. The van der Waals surface area contributed by atoms with Crippen molar-refractivity contribution in [2.45, 2.75) is 31.7 Å². The molecular weight excluding hydrogens is 520 g/mol. The van der Waals surface area contributed by atoms with Crippen LogP contribution in [0.4, 0.5) is 5.69 Å². The number of likely N-dealkylation sites (tertiary alicyclic amines) is 1. The first-order valence-electron chi connectivity index (χ1n) is 14.0. The number of furan rings is 1. The van der Waals surface area contributed by atoms with E-state index in [-0.39, 0.29) is 18.4 Å². The Labute approximate surface area is 241 Å². The van der Waals surface area contributed by atoms with Gasteiger partial charge in [-0.15, -0.1) is 0 Å². The van der Waals surface area contributed by atoms with Crippen LogP contribution in [0.25, 0.3) is 11.0 Å². The number of carbonyl (C=O) groups is 1. The number of piperidine rings is 1. The average molecular weight is 559 g/mol. The summed E-state index contributed by atoms with van der Waals surface area (Å²) in [5, 5.41) is 0.996. The minimum atomic E-state index is 0.0000499. The Hall–Kier alpha value is -4.17. The molecule has 216 valence electrons. The number of hydrogen-bond donors (Lipinski definition) is 0. The summed E-state index contributed by atoms with van der Waals surface area (Å²) in [5.74, 6) is 3.37. The molecule has 8 nitrogen and oxygen atoms in total. The van der Waals surface area contributed by atoms with E-state index in [1.807, 2.05) is 65.6 Å². The van der Waals surface area contributed by atoms with Gasteiger partial charge in [-0.2, -0.15) is 0 Å². The first-order chi connectivity index (χ1) is 20.0. The molecule has 1 aromatic heterocycles. The molecular formula is C33H38N2O6. The van der Waals surface area contributed by atoms with Gasteiger partial charge in [0.1, 0.15) is 11.3 Å². The van der Waals surface area contributed by atoms with Crippen LogP contribution in [0.15, 0.2) is 71.1 Å². The van der Waals surface area contributed by atoms with Crippen LogP contribution in [0, 0.1) is 0 Å². The highest BCUT2D eigenvalue weighted by atomic mass is 16.5. The van der Waals surface area contributed by atoms with Crippen molar-refractivity contribution in [3.63, 3.8) is 0 Å². The van der Waals surface area contributed by atoms with Gasteiger partial charge in [0.15, 0.2) is 23.0 Å². The van der Waals surface area contributed by atoms with Crippen LogP contribution in [-0.4, -0.2) is 64.9 Å². The summed E-state index contributed by atoms with van der Waals surface area (Å²) in [6, 6.07) is 21.6. The Balaban J connectivity index is 1.30. The van der Waals surface area contributed by atoms with Crippen molar-refractivity contribution in [3.05, 3.63) is 78.1 Å². The van der Waals surface area contributed by atoms with Gasteiger partial charge in [-0.1, -0.05) is 24.3 Å². The smallest absolute Gasteiger partial charge is 0.234 e. The maximum absolute atomic E-state index is 13.9. The van der Waals surface area contributed by atoms with Crippen molar-refractivity contribution in [2.24, 2.45) is 0 Å². The van der Waals surface area contributed by atoms with Gasteiger partial charge >= 0.3 is 0 Å². The predicted octanol–water partition coefficient (Wildman–Crippen LogP) is 5.75. The van der Waals surface area contributed by atoms with E-state index < -0.39 is 0 Å². The van der Waals surface area contributed by atoms with E-state index in [9.17, 15) is 4.79 Å². The summed E-state index contributed by atoms with van der Waals surface area (Å²) in [7, 11) is 6.53. The van der Waals surface area contributed by atoms with Gasteiger partial charge in [0.2, 0.25) is 5.91 Å². The number of fused-ring (bicyclic) bond motifs is 1. The number of nitrogens with zero attached hydrogens (tertiary/aromatic N) is 2. The molecule has 3 aromatic carbocycles. The van der Waals surface area contributed by atoms with Gasteiger partial charge < -0.3 is 33.2 Å². The van der Waals surface area contributed by atoms with Crippen LogP contribution >= 0.6 is 0 Å². The predicted molar refractivity (Wildman–Crippen MR) is 160 cm³/mol. The van der Waals surface area contributed by atoms with E-state index in [0.29, 0.717) is 17.3 Å². The average Bonchev–Trinajstić information content (AvgIpc) is 3.42. The molecule has 1 amide bonds. The lowest BCUT2D eigenvalue weighted by atomic mass is 10.0. The van der Waals surface area contributed by atoms with Crippen LogP contribution in [0.1, 0.15) is 24.2 Å². The molecule has 0 radical (unpaired) electrons. The highest BCUT2D eigenvalue weighted by molar-refractivity contribution is 5.96. The molecule has 0 unspecified atom stereocenters. The zero-order chi connectivity index (χ0) is 28.8. The summed E-state index contributed by atoms with van der Waals surface area (Å²) in [4.78, 5) is 18.3. The fourth-order valence-electron chi connectivity index (χ4n) is 5.62. The maximum Gasteiger partial charge on any atom is 0.234 e. The molecule has 8 heteroatoms. The monoisotopic (exact) mass is 558 g/mol. The number of methoxy groups -OCH3 is 4. The van der Waals surface area contributed by atoms with Gasteiger partial charge in [0.05, 0.1) is 34.9 Å². The molecule has 2 heterocycles. The van der Waals surface area contributed by atoms with E-state index in [1.165, 1.54) is 5.56 Å². The van der Waals surface area contributed by atoms with Gasteiger partial charge in [-0.05, 0) is 61.2 Å². The SMILES string of the molecule is COc1ccc(CCN2CCC(N(C(=O)Cc3cc4ccccc4o3)c3ccc(OC)c(OC)c3)CC2)cc1OC. The summed E-state index contributed by atoms with van der Waals surface area (Å²) in [6.45, 7) is 2.74. The summed E-state index contributed by atoms with van der Waals surface area (Å²) >= 11 is 0. The third kappa shape index (κ3) is 6.43. The van der Waals surface area contributed by atoms with Gasteiger partial charge in [0, 0.05) is 42.8 Å². The van der Waals surface area contributed by atoms with Crippen molar-refractivity contribution >= 4 is 22.6 Å². The van der Waals surface area contributed by atoms with Crippen molar-refractivity contribution < 1.29 is 28.2 Å². The lowest BCUT2D eigenvalue weighted by Crippen LogP contribution is -2.48. The number of amides is 1.